The van der Waals surface area contributed by atoms with E-state index in [1.165, 1.54) is 35.0 Å². The highest BCUT2D eigenvalue weighted by atomic mass is 19.1. The third-order valence-electron chi connectivity index (χ3n) is 4.20. The lowest BCUT2D eigenvalue weighted by Gasteiger charge is -2.16. The van der Waals surface area contributed by atoms with Crippen molar-refractivity contribution in [3.05, 3.63) is 71.2 Å². The molecule has 0 saturated heterocycles. The molecule has 122 valence electrons. The Hall–Kier alpha value is -2.60. The third-order valence-corrected chi connectivity index (χ3v) is 4.20. The molecule has 2 heterocycles. The van der Waals surface area contributed by atoms with E-state index in [2.05, 4.69) is 10.4 Å². The predicted molar refractivity (Wildman–Crippen MR) is 84.3 cm³/mol. The highest BCUT2D eigenvalue weighted by molar-refractivity contribution is 5.65. The molecule has 0 spiro atoms. The van der Waals surface area contributed by atoms with Crippen molar-refractivity contribution in [3.8, 4) is 16.9 Å². The molecule has 1 N–H and O–H groups in total. The summed E-state index contributed by atoms with van der Waals surface area (Å²) in [5.41, 5.74) is 2.81. The SMILES string of the molecule is Fc1ccc(-c2nn(-c3c(F)cccc3F)c3c2CNCC3)cc1. The second-order valence-electron chi connectivity index (χ2n) is 5.69. The van der Waals surface area contributed by atoms with Crippen LogP contribution in [0.2, 0.25) is 0 Å². The lowest BCUT2D eigenvalue weighted by atomic mass is 10.0. The smallest absolute Gasteiger partial charge is 0.151 e. The van der Waals surface area contributed by atoms with Gasteiger partial charge in [0.05, 0.1) is 11.4 Å². The Balaban J connectivity index is 1.95. The minimum Gasteiger partial charge on any atom is -0.312 e. The first-order valence-electron chi connectivity index (χ1n) is 7.67. The van der Waals surface area contributed by atoms with Gasteiger partial charge in [-0.15, -0.1) is 0 Å². The highest BCUT2D eigenvalue weighted by Crippen LogP contribution is 2.31. The maximum absolute atomic E-state index is 14.2. The number of aromatic nitrogens is 2. The highest BCUT2D eigenvalue weighted by Gasteiger charge is 2.25. The summed E-state index contributed by atoms with van der Waals surface area (Å²) in [7, 11) is 0. The Morgan fingerprint density at radius 3 is 2.38 bits per heavy atom. The molecule has 6 heteroatoms. The van der Waals surface area contributed by atoms with Gasteiger partial charge in [-0.25, -0.2) is 17.9 Å². The van der Waals surface area contributed by atoms with Crippen molar-refractivity contribution in [3.63, 3.8) is 0 Å². The average molecular weight is 329 g/mol. The van der Waals surface area contributed by atoms with Crippen molar-refractivity contribution in [1.82, 2.24) is 15.1 Å². The largest absolute Gasteiger partial charge is 0.312 e. The van der Waals surface area contributed by atoms with Gasteiger partial charge in [-0.05, 0) is 36.4 Å². The number of hydrogen-bond acceptors (Lipinski definition) is 2. The van der Waals surface area contributed by atoms with Gasteiger partial charge in [0.1, 0.15) is 11.5 Å². The molecule has 4 rings (SSSR count). The number of hydrogen-bond donors (Lipinski definition) is 1. The van der Waals surface area contributed by atoms with Crippen LogP contribution in [0.25, 0.3) is 16.9 Å². The third kappa shape index (κ3) is 2.39. The van der Waals surface area contributed by atoms with Crippen molar-refractivity contribution >= 4 is 0 Å². The zero-order valence-electron chi connectivity index (χ0n) is 12.7. The molecule has 0 amide bonds. The standard InChI is InChI=1S/C18H14F3N3/c19-12-6-4-11(5-7-12)17-13-10-22-9-8-16(13)24(23-17)18-14(20)2-1-3-15(18)21/h1-7,22H,8-10H2. The summed E-state index contributed by atoms with van der Waals surface area (Å²) < 4.78 is 42.9. The van der Waals surface area contributed by atoms with E-state index in [0.29, 0.717) is 30.8 Å². The number of para-hydroxylation sites is 1. The molecule has 0 unspecified atom stereocenters. The molecule has 1 aromatic heterocycles. The van der Waals surface area contributed by atoms with Crippen LogP contribution in [0.1, 0.15) is 11.3 Å². The van der Waals surface area contributed by atoms with Crippen molar-refractivity contribution in [2.45, 2.75) is 13.0 Å². The van der Waals surface area contributed by atoms with E-state index in [4.69, 9.17) is 0 Å². The van der Waals surface area contributed by atoms with E-state index in [-0.39, 0.29) is 11.5 Å². The molecule has 0 bridgehead atoms. The van der Waals surface area contributed by atoms with Crippen LogP contribution >= 0.6 is 0 Å². The molecule has 3 aromatic rings. The molecular formula is C18H14F3N3. The van der Waals surface area contributed by atoms with E-state index in [1.54, 1.807) is 12.1 Å². The van der Waals surface area contributed by atoms with Crippen LogP contribution < -0.4 is 5.32 Å². The Morgan fingerprint density at radius 1 is 0.958 bits per heavy atom. The normalized spacial score (nSPS) is 13.8. The summed E-state index contributed by atoms with van der Waals surface area (Å²) in [4.78, 5) is 0. The number of halogens is 3. The molecule has 0 radical (unpaired) electrons. The van der Waals surface area contributed by atoms with Gasteiger partial charge in [0.2, 0.25) is 0 Å². The fourth-order valence-electron chi connectivity index (χ4n) is 3.06. The van der Waals surface area contributed by atoms with Gasteiger partial charge >= 0.3 is 0 Å². The topological polar surface area (TPSA) is 29.9 Å². The lowest BCUT2D eigenvalue weighted by molar-refractivity contribution is 0.548. The first kappa shape index (κ1) is 15.0. The monoisotopic (exact) mass is 329 g/mol. The van der Waals surface area contributed by atoms with Crippen molar-refractivity contribution in [1.29, 1.82) is 0 Å². The van der Waals surface area contributed by atoms with E-state index in [9.17, 15) is 13.2 Å². The van der Waals surface area contributed by atoms with Crippen LogP contribution in [0.15, 0.2) is 42.5 Å². The number of nitrogens with one attached hydrogen (secondary N) is 1. The van der Waals surface area contributed by atoms with Crippen LogP contribution in [0.5, 0.6) is 0 Å². The summed E-state index contributed by atoms with van der Waals surface area (Å²) in [6.07, 6.45) is 0.608. The maximum atomic E-state index is 14.2. The van der Waals surface area contributed by atoms with Crippen molar-refractivity contribution < 1.29 is 13.2 Å². The van der Waals surface area contributed by atoms with Gasteiger partial charge in [-0.2, -0.15) is 5.10 Å². The zero-order valence-corrected chi connectivity index (χ0v) is 12.7. The fraction of sp³-hybridized carbons (Fsp3) is 0.167. The lowest BCUT2D eigenvalue weighted by Crippen LogP contribution is -2.25. The summed E-state index contributed by atoms with van der Waals surface area (Å²) in [6.45, 7) is 1.26. The molecule has 0 saturated carbocycles. The minimum absolute atomic E-state index is 0.177. The quantitative estimate of drug-likeness (QED) is 0.778. The van der Waals surface area contributed by atoms with E-state index < -0.39 is 11.6 Å². The molecule has 2 aromatic carbocycles. The molecule has 0 aliphatic carbocycles. The van der Waals surface area contributed by atoms with Gasteiger partial charge < -0.3 is 5.32 Å². The Bertz CT molecular complexity index is 880. The second kappa shape index (κ2) is 5.79. The van der Waals surface area contributed by atoms with Crippen molar-refractivity contribution in [2.75, 3.05) is 6.54 Å². The molecule has 1 aliphatic rings. The first-order chi connectivity index (χ1) is 11.6. The predicted octanol–water partition coefficient (Wildman–Crippen LogP) is 3.60. The maximum Gasteiger partial charge on any atom is 0.151 e. The molecule has 3 nitrogen and oxygen atoms in total. The molecule has 0 fully saturated rings. The van der Waals surface area contributed by atoms with Gasteiger partial charge in [0.25, 0.3) is 0 Å². The van der Waals surface area contributed by atoms with E-state index in [0.717, 1.165) is 11.3 Å². The number of benzene rings is 2. The minimum atomic E-state index is -0.663. The van der Waals surface area contributed by atoms with Gasteiger partial charge in [0.15, 0.2) is 11.6 Å². The molecular weight excluding hydrogens is 315 g/mol. The van der Waals surface area contributed by atoms with Crippen LogP contribution in [0.3, 0.4) is 0 Å². The summed E-state index contributed by atoms with van der Waals surface area (Å²) >= 11 is 0. The summed E-state index contributed by atoms with van der Waals surface area (Å²) in [6, 6.07) is 9.69. The molecule has 1 aliphatic heterocycles. The fourth-order valence-corrected chi connectivity index (χ4v) is 3.06. The Morgan fingerprint density at radius 2 is 1.67 bits per heavy atom. The second-order valence-corrected chi connectivity index (χ2v) is 5.69. The van der Waals surface area contributed by atoms with Crippen LogP contribution in [-0.2, 0) is 13.0 Å². The molecule has 0 atom stereocenters. The van der Waals surface area contributed by atoms with Crippen LogP contribution in [0.4, 0.5) is 13.2 Å². The molecule has 24 heavy (non-hydrogen) atoms. The Labute approximate surface area is 136 Å². The Kier molecular flexibility index (Phi) is 3.61. The number of rotatable bonds is 2. The van der Waals surface area contributed by atoms with Crippen molar-refractivity contribution in [2.24, 2.45) is 0 Å². The van der Waals surface area contributed by atoms with Gasteiger partial charge in [-0.1, -0.05) is 6.07 Å². The zero-order chi connectivity index (χ0) is 16.7. The van der Waals surface area contributed by atoms with Gasteiger partial charge in [0, 0.05) is 30.6 Å². The number of nitrogens with zero attached hydrogens (tertiary/aromatic N) is 2. The number of fused-ring (bicyclic) bond motifs is 1. The van der Waals surface area contributed by atoms with E-state index in [1.807, 2.05) is 0 Å². The summed E-state index contributed by atoms with van der Waals surface area (Å²) in [5, 5.41) is 7.70. The summed E-state index contributed by atoms with van der Waals surface area (Å²) in [5.74, 6) is -1.67. The van der Waals surface area contributed by atoms with Gasteiger partial charge in [-0.3, -0.25) is 0 Å². The van der Waals surface area contributed by atoms with Crippen LogP contribution in [0, 0.1) is 17.5 Å². The first-order valence-corrected chi connectivity index (χ1v) is 7.67. The van der Waals surface area contributed by atoms with E-state index >= 15 is 0 Å². The average Bonchev–Trinajstić information content (AvgIpc) is 2.95. The van der Waals surface area contributed by atoms with Crippen LogP contribution in [-0.4, -0.2) is 16.3 Å².